The SMILES string of the molecule is Cc1nn(-c2cccc(C(F)(F)F)c2)c(C)c1CC(=O)N1CCC2(C1)OCCO2. The zero-order chi connectivity index (χ0) is 20.8. The number of aryl methyl sites for hydroxylation is 1. The number of likely N-dealkylation sites (tertiary alicyclic amines) is 1. The predicted molar refractivity (Wildman–Crippen MR) is 97.6 cm³/mol. The summed E-state index contributed by atoms with van der Waals surface area (Å²) in [5.41, 5.74) is 1.57. The van der Waals surface area contributed by atoms with Gasteiger partial charge in [-0.1, -0.05) is 6.07 Å². The van der Waals surface area contributed by atoms with Crippen molar-refractivity contribution in [3.05, 3.63) is 46.8 Å². The van der Waals surface area contributed by atoms with E-state index in [1.165, 1.54) is 10.7 Å². The average Bonchev–Trinajstić information content (AvgIpc) is 3.38. The van der Waals surface area contributed by atoms with Crippen LogP contribution in [0.1, 0.15) is 28.9 Å². The molecule has 0 atom stereocenters. The minimum absolute atomic E-state index is 0.0734. The highest BCUT2D eigenvalue weighted by Gasteiger charge is 2.44. The highest BCUT2D eigenvalue weighted by molar-refractivity contribution is 5.79. The summed E-state index contributed by atoms with van der Waals surface area (Å²) in [5, 5.41) is 4.38. The van der Waals surface area contributed by atoms with Crippen molar-refractivity contribution in [1.82, 2.24) is 14.7 Å². The van der Waals surface area contributed by atoms with Crippen molar-refractivity contribution < 1.29 is 27.4 Å². The molecule has 1 aromatic heterocycles. The fourth-order valence-corrected chi connectivity index (χ4v) is 3.96. The largest absolute Gasteiger partial charge is 0.416 e. The van der Waals surface area contributed by atoms with Gasteiger partial charge in [-0.15, -0.1) is 0 Å². The smallest absolute Gasteiger partial charge is 0.346 e. The molecule has 0 N–H and O–H groups in total. The van der Waals surface area contributed by atoms with Crippen LogP contribution in [0.5, 0.6) is 0 Å². The number of nitrogens with zero attached hydrogens (tertiary/aromatic N) is 3. The number of benzene rings is 1. The predicted octanol–water partition coefficient (Wildman–Crippen LogP) is 3.03. The fraction of sp³-hybridized carbons (Fsp3) is 0.500. The number of rotatable bonds is 3. The third kappa shape index (κ3) is 3.76. The molecule has 2 saturated heterocycles. The van der Waals surface area contributed by atoms with E-state index < -0.39 is 17.5 Å². The maximum atomic E-state index is 13.0. The summed E-state index contributed by atoms with van der Waals surface area (Å²) >= 11 is 0. The fourth-order valence-electron chi connectivity index (χ4n) is 3.96. The van der Waals surface area contributed by atoms with Gasteiger partial charge in [-0.05, 0) is 32.0 Å². The average molecular weight is 409 g/mol. The van der Waals surface area contributed by atoms with Gasteiger partial charge in [-0.3, -0.25) is 4.79 Å². The standard InChI is InChI=1S/C20H22F3N3O3/c1-13-17(11-18(27)25-7-6-19(12-25)28-8-9-29-19)14(2)26(24-13)16-5-3-4-15(10-16)20(21,22)23/h3-5,10H,6-9,11-12H2,1-2H3. The van der Waals surface area contributed by atoms with E-state index in [0.29, 0.717) is 49.8 Å². The minimum Gasteiger partial charge on any atom is -0.346 e. The van der Waals surface area contributed by atoms with Crippen molar-refractivity contribution in [2.75, 3.05) is 26.3 Å². The first-order valence-electron chi connectivity index (χ1n) is 9.47. The first-order chi connectivity index (χ1) is 13.7. The molecule has 29 heavy (non-hydrogen) atoms. The molecule has 0 saturated carbocycles. The highest BCUT2D eigenvalue weighted by Crippen LogP contribution is 2.32. The summed E-state index contributed by atoms with van der Waals surface area (Å²) < 4.78 is 51.9. The van der Waals surface area contributed by atoms with Gasteiger partial charge in [-0.25, -0.2) is 4.68 Å². The van der Waals surface area contributed by atoms with Crippen molar-refractivity contribution in [2.45, 2.75) is 38.7 Å². The van der Waals surface area contributed by atoms with E-state index in [0.717, 1.165) is 17.7 Å². The van der Waals surface area contributed by atoms with Crippen molar-refractivity contribution in [2.24, 2.45) is 0 Å². The van der Waals surface area contributed by atoms with E-state index in [4.69, 9.17) is 9.47 Å². The topological polar surface area (TPSA) is 56.6 Å². The van der Waals surface area contributed by atoms with Gasteiger partial charge < -0.3 is 14.4 Å². The van der Waals surface area contributed by atoms with Crippen molar-refractivity contribution in [3.63, 3.8) is 0 Å². The molecule has 0 aliphatic carbocycles. The second-order valence-corrected chi connectivity index (χ2v) is 7.46. The third-order valence-corrected chi connectivity index (χ3v) is 5.55. The first kappa shape index (κ1) is 19.9. The normalized spacial score (nSPS) is 18.7. The zero-order valence-electron chi connectivity index (χ0n) is 16.3. The summed E-state index contributed by atoms with van der Waals surface area (Å²) in [5.74, 6) is -0.752. The second-order valence-electron chi connectivity index (χ2n) is 7.46. The molecule has 0 bridgehead atoms. The maximum absolute atomic E-state index is 13.0. The van der Waals surface area contributed by atoms with Crippen LogP contribution in [0, 0.1) is 13.8 Å². The lowest BCUT2D eigenvalue weighted by Crippen LogP contribution is -2.37. The molecule has 6 nitrogen and oxygen atoms in total. The van der Waals surface area contributed by atoms with Gasteiger partial charge in [-0.2, -0.15) is 18.3 Å². The van der Waals surface area contributed by atoms with Crippen LogP contribution in [0.2, 0.25) is 0 Å². The lowest BCUT2D eigenvalue weighted by molar-refractivity contribution is -0.152. The molecule has 0 radical (unpaired) electrons. The number of aromatic nitrogens is 2. The van der Waals surface area contributed by atoms with Crippen molar-refractivity contribution in [1.29, 1.82) is 0 Å². The molecule has 1 spiro atoms. The van der Waals surface area contributed by atoms with Gasteiger partial charge in [0.25, 0.3) is 0 Å². The van der Waals surface area contributed by atoms with E-state index in [1.54, 1.807) is 24.8 Å². The Morgan fingerprint density at radius 2 is 1.97 bits per heavy atom. The van der Waals surface area contributed by atoms with Gasteiger partial charge >= 0.3 is 6.18 Å². The number of amides is 1. The molecule has 4 rings (SSSR count). The van der Waals surface area contributed by atoms with Gasteiger partial charge in [0.2, 0.25) is 5.91 Å². The number of carbonyl (C=O) groups excluding carboxylic acids is 1. The van der Waals surface area contributed by atoms with Gasteiger partial charge in [0.05, 0.1) is 43.1 Å². The van der Waals surface area contributed by atoms with Gasteiger partial charge in [0.15, 0.2) is 5.79 Å². The van der Waals surface area contributed by atoms with Crippen LogP contribution in [0.4, 0.5) is 13.2 Å². The van der Waals surface area contributed by atoms with E-state index >= 15 is 0 Å². The van der Waals surface area contributed by atoms with Crippen LogP contribution in [0.25, 0.3) is 5.69 Å². The second kappa shape index (κ2) is 7.14. The third-order valence-electron chi connectivity index (χ3n) is 5.55. The Morgan fingerprint density at radius 3 is 2.66 bits per heavy atom. The number of carbonyl (C=O) groups is 1. The molecule has 2 aliphatic heterocycles. The number of hydrogen-bond acceptors (Lipinski definition) is 4. The van der Waals surface area contributed by atoms with Crippen LogP contribution in [-0.2, 0) is 26.9 Å². The molecule has 1 amide bonds. The van der Waals surface area contributed by atoms with Gasteiger partial charge in [0, 0.05) is 24.2 Å². The Kier molecular flexibility index (Phi) is 4.90. The van der Waals surface area contributed by atoms with E-state index in [9.17, 15) is 18.0 Å². The molecule has 3 heterocycles. The molecular weight excluding hydrogens is 387 g/mol. The lowest BCUT2D eigenvalue weighted by atomic mass is 10.1. The Bertz CT molecular complexity index is 933. The Morgan fingerprint density at radius 1 is 1.24 bits per heavy atom. The van der Waals surface area contributed by atoms with E-state index in [-0.39, 0.29) is 12.3 Å². The van der Waals surface area contributed by atoms with Gasteiger partial charge in [0.1, 0.15) is 0 Å². The summed E-state index contributed by atoms with van der Waals surface area (Å²) in [4.78, 5) is 14.5. The van der Waals surface area contributed by atoms with Crippen molar-refractivity contribution in [3.8, 4) is 5.69 Å². The summed E-state index contributed by atoms with van der Waals surface area (Å²) in [6.07, 6.45) is -3.66. The number of halogens is 3. The number of alkyl halides is 3. The lowest BCUT2D eigenvalue weighted by Gasteiger charge is -2.22. The van der Waals surface area contributed by atoms with Crippen molar-refractivity contribution >= 4 is 5.91 Å². The monoisotopic (exact) mass is 409 g/mol. The van der Waals surface area contributed by atoms with Crippen LogP contribution < -0.4 is 0 Å². The molecular formula is C20H22F3N3O3. The summed E-state index contributed by atoms with van der Waals surface area (Å²) in [7, 11) is 0. The number of hydrogen-bond donors (Lipinski definition) is 0. The van der Waals surface area contributed by atoms with Crippen LogP contribution >= 0.6 is 0 Å². The van der Waals surface area contributed by atoms with Crippen LogP contribution in [0.15, 0.2) is 24.3 Å². The summed E-state index contributed by atoms with van der Waals surface area (Å²) in [6.45, 7) is 5.53. The Balaban J connectivity index is 1.54. The molecule has 0 unspecified atom stereocenters. The van der Waals surface area contributed by atoms with E-state index in [2.05, 4.69) is 5.10 Å². The number of ether oxygens (including phenoxy) is 2. The maximum Gasteiger partial charge on any atom is 0.416 e. The quantitative estimate of drug-likeness (QED) is 0.782. The Labute approximate surface area is 166 Å². The van der Waals surface area contributed by atoms with Crippen LogP contribution in [0.3, 0.4) is 0 Å². The molecule has 9 heteroatoms. The molecule has 156 valence electrons. The molecule has 2 aromatic rings. The van der Waals surface area contributed by atoms with E-state index in [1.807, 2.05) is 0 Å². The molecule has 1 aromatic carbocycles. The summed E-state index contributed by atoms with van der Waals surface area (Å²) in [6, 6.07) is 5.00. The molecule has 2 aliphatic rings. The highest BCUT2D eigenvalue weighted by atomic mass is 19.4. The minimum atomic E-state index is -4.43. The zero-order valence-corrected chi connectivity index (χ0v) is 16.3. The van der Waals surface area contributed by atoms with Crippen LogP contribution in [-0.4, -0.2) is 52.7 Å². The molecule has 2 fully saturated rings. The first-order valence-corrected chi connectivity index (χ1v) is 9.47. The Hall–Kier alpha value is -2.39.